The average Bonchev–Trinajstić information content (AvgIpc) is 2.62. The van der Waals surface area contributed by atoms with Gasteiger partial charge in [-0.15, -0.1) is 0 Å². The molecule has 0 amide bonds. The molecule has 1 aliphatic rings. The number of nitrogens with zero attached hydrogens (tertiary/aromatic N) is 6. The smallest absolute Gasteiger partial charge is 0.258 e. The second-order valence-electron chi connectivity index (χ2n) is 4.46. The van der Waals surface area contributed by atoms with Crippen LogP contribution >= 0.6 is 0 Å². The Labute approximate surface area is 133 Å². The lowest BCUT2D eigenvalue weighted by Gasteiger charge is -2.13. The summed E-state index contributed by atoms with van der Waals surface area (Å²) >= 11 is 0. The Morgan fingerprint density at radius 3 is 1.42 bits per heavy atom. The van der Waals surface area contributed by atoms with Crippen LogP contribution < -0.4 is 10.9 Å². The fourth-order valence-corrected chi connectivity index (χ4v) is 1.77. The van der Waals surface area contributed by atoms with E-state index in [2.05, 4.69) is 31.0 Å². The predicted octanol–water partition coefficient (Wildman–Crippen LogP) is 0.509. The third kappa shape index (κ3) is 2.96. The molecule has 0 radical (unpaired) electrons. The quantitative estimate of drug-likeness (QED) is 0.606. The first kappa shape index (κ1) is 15.0. The minimum atomic E-state index is -0.554. The zero-order chi connectivity index (χ0) is 17.1. The summed E-state index contributed by atoms with van der Waals surface area (Å²) in [6.07, 6.45) is 2.22. The first-order chi connectivity index (χ1) is 11.5. The van der Waals surface area contributed by atoms with Gasteiger partial charge < -0.3 is 0 Å². The molecule has 3 rings (SSSR count). The second-order valence-corrected chi connectivity index (χ2v) is 4.46. The first-order valence-corrected chi connectivity index (χ1v) is 6.43. The molecule has 120 valence electrons. The van der Waals surface area contributed by atoms with Crippen molar-refractivity contribution in [2.45, 2.75) is 0 Å². The molecule has 0 unspecified atom stereocenters. The normalized spacial score (nSPS) is 13.2. The van der Waals surface area contributed by atoms with E-state index in [0.29, 0.717) is 11.4 Å². The molecule has 0 aromatic carbocycles. The largest absolute Gasteiger partial charge is 0.287 e. The van der Waals surface area contributed by atoms with E-state index in [0.717, 1.165) is 12.4 Å². The molecule has 3 heterocycles. The van der Waals surface area contributed by atoms with Crippen molar-refractivity contribution in [1.29, 1.82) is 0 Å². The van der Waals surface area contributed by atoms with E-state index >= 15 is 0 Å². The Balaban J connectivity index is 1.73. The maximum atomic E-state index is 10.6. The van der Waals surface area contributed by atoms with E-state index < -0.39 is 9.85 Å². The summed E-state index contributed by atoms with van der Waals surface area (Å²) in [4.78, 5) is 27.9. The lowest BCUT2D eigenvalue weighted by Crippen LogP contribution is -2.35. The number of aromatic nitrogens is 2. The predicted molar refractivity (Wildman–Crippen MR) is 81.1 cm³/mol. The summed E-state index contributed by atoms with van der Waals surface area (Å²) in [5.41, 5.74) is 5.71. The van der Waals surface area contributed by atoms with Crippen LogP contribution in [-0.4, -0.2) is 31.5 Å². The summed E-state index contributed by atoms with van der Waals surface area (Å²) in [6.45, 7) is 0. The Morgan fingerprint density at radius 2 is 1.17 bits per heavy atom. The van der Waals surface area contributed by atoms with Gasteiger partial charge in [-0.1, -0.05) is 0 Å². The standard InChI is InChI=1S/C12H8N8O4/c21-19(22)7-1-3-9(13-5-7)11-15-17-12(18-16-11)10-4-2-8(6-14-10)20(23)24/h1-6H,(H,15,16)(H,17,18). The van der Waals surface area contributed by atoms with Gasteiger partial charge in [0, 0.05) is 12.1 Å². The van der Waals surface area contributed by atoms with Gasteiger partial charge in [0.2, 0.25) is 0 Å². The van der Waals surface area contributed by atoms with Crippen LogP contribution in [0.3, 0.4) is 0 Å². The summed E-state index contributed by atoms with van der Waals surface area (Å²) in [5.74, 6) is 0.520. The van der Waals surface area contributed by atoms with Crippen molar-refractivity contribution in [3.05, 3.63) is 68.3 Å². The molecule has 2 aromatic rings. The molecule has 0 aliphatic carbocycles. The van der Waals surface area contributed by atoms with Crippen LogP contribution in [0.2, 0.25) is 0 Å². The van der Waals surface area contributed by atoms with Crippen molar-refractivity contribution in [3.63, 3.8) is 0 Å². The van der Waals surface area contributed by atoms with Crippen LogP contribution in [0.5, 0.6) is 0 Å². The lowest BCUT2D eigenvalue weighted by atomic mass is 10.3. The highest BCUT2D eigenvalue weighted by Gasteiger charge is 2.16. The number of nitro groups is 2. The number of nitrogens with one attached hydrogen (secondary N) is 2. The molecule has 1 aliphatic heterocycles. The van der Waals surface area contributed by atoms with Crippen molar-refractivity contribution in [1.82, 2.24) is 20.8 Å². The van der Waals surface area contributed by atoms with Crippen LogP contribution in [0.25, 0.3) is 0 Å². The highest BCUT2D eigenvalue weighted by atomic mass is 16.6. The molecule has 2 N–H and O–H groups in total. The molecular weight excluding hydrogens is 320 g/mol. The van der Waals surface area contributed by atoms with Crippen LogP contribution in [-0.2, 0) is 0 Å². The zero-order valence-corrected chi connectivity index (χ0v) is 11.8. The van der Waals surface area contributed by atoms with E-state index in [4.69, 9.17) is 0 Å². The third-order valence-corrected chi connectivity index (χ3v) is 2.95. The van der Waals surface area contributed by atoms with E-state index in [1.54, 1.807) is 0 Å². The maximum Gasteiger partial charge on any atom is 0.287 e. The zero-order valence-electron chi connectivity index (χ0n) is 11.8. The summed E-state index contributed by atoms with van der Waals surface area (Å²) in [6, 6.07) is 5.44. The monoisotopic (exact) mass is 328 g/mol. The molecule has 0 fully saturated rings. The highest BCUT2D eigenvalue weighted by molar-refractivity contribution is 6.04. The van der Waals surface area contributed by atoms with Crippen molar-refractivity contribution < 1.29 is 9.85 Å². The summed E-state index contributed by atoms with van der Waals surface area (Å²) in [5, 5.41) is 29.2. The number of pyridine rings is 2. The molecule has 0 saturated heterocycles. The van der Waals surface area contributed by atoms with Gasteiger partial charge in [-0.3, -0.25) is 31.1 Å². The number of hydrogen-bond acceptors (Lipinski definition) is 10. The topological polar surface area (TPSA) is 161 Å². The van der Waals surface area contributed by atoms with Crippen LogP contribution in [0.4, 0.5) is 11.4 Å². The number of amidine groups is 2. The molecule has 12 nitrogen and oxygen atoms in total. The van der Waals surface area contributed by atoms with Crippen molar-refractivity contribution >= 4 is 23.0 Å². The van der Waals surface area contributed by atoms with Gasteiger partial charge in [0.1, 0.15) is 23.8 Å². The van der Waals surface area contributed by atoms with E-state index in [1.807, 2.05) is 0 Å². The molecule has 0 spiro atoms. The molecule has 24 heavy (non-hydrogen) atoms. The number of hydrazone groups is 2. The Hall–Kier alpha value is -3.96. The number of hydrogen-bond donors (Lipinski definition) is 2. The fourth-order valence-electron chi connectivity index (χ4n) is 1.77. The van der Waals surface area contributed by atoms with Crippen molar-refractivity contribution in [2.75, 3.05) is 0 Å². The van der Waals surface area contributed by atoms with Gasteiger partial charge in [0.15, 0.2) is 11.7 Å². The first-order valence-electron chi connectivity index (χ1n) is 6.43. The van der Waals surface area contributed by atoms with Crippen molar-refractivity contribution in [2.24, 2.45) is 10.2 Å². The van der Waals surface area contributed by atoms with Crippen molar-refractivity contribution in [3.8, 4) is 0 Å². The van der Waals surface area contributed by atoms with Gasteiger partial charge in [0.05, 0.1) is 9.85 Å². The van der Waals surface area contributed by atoms with Crippen LogP contribution in [0, 0.1) is 20.2 Å². The highest BCUT2D eigenvalue weighted by Crippen LogP contribution is 2.11. The summed E-state index contributed by atoms with van der Waals surface area (Å²) < 4.78 is 0. The molecule has 2 aromatic heterocycles. The van der Waals surface area contributed by atoms with Gasteiger partial charge in [0.25, 0.3) is 11.4 Å². The minimum absolute atomic E-state index is 0.137. The lowest BCUT2D eigenvalue weighted by molar-refractivity contribution is -0.385. The molecular formula is C12H8N8O4. The average molecular weight is 328 g/mol. The molecule has 0 saturated carbocycles. The Kier molecular flexibility index (Phi) is 3.76. The Bertz CT molecular complexity index is 786. The SMILES string of the molecule is O=[N+]([O-])c1ccc(C2=NNC(c3ccc([N+](=O)[O-])cn3)=NN2)nc1. The minimum Gasteiger partial charge on any atom is -0.258 e. The van der Waals surface area contributed by atoms with E-state index in [9.17, 15) is 20.2 Å². The van der Waals surface area contributed by atoms with Gasteiger partial charge in [-0.05, 0) is 12.1 Å². The van der Waals surface area contributed by atoms with Gasteiger partial charge >= 0.3 is 0 Å². The van der Waals surface area contributed by atoms with E-state index in [-0.39, 0.29) is 23.0 Å². The molecule has 12 heteroatoms. The second kappa shape index (κ2) is 6.04. The Morgan fingerprint density at radius 1 is 0.750 bits per heavy atom. The van der Waals surface area contributed by atoms with Gasteiger partial charge in [-0.2, -0.15) is 10.2 Å². The molecule has 0 atom stereocenters. The third-order valence-electron chi connectivity index (χ3n) is 2.95. The maximum absolute atomic E-state index is 10.6. The van der Waals surface area contributed by atoms with Crippen LogP contribution in [0.15, 0.2) is 46.9 Å². The molecule has 0 bridgehead atoms. The fraction of sp³-hybridized carbons (Fsp3) is 0. The van der Waals surface area contributed by atoms with E-state index in [1.165, 1.54) is 24.3 Å². The van der Waals surface area contributed by atoms with Crippen LogP contribution in [0.1, 0.15) is 11.4 Å². The van der Waals surface area contributed by atoms with Gasteiger partial charge in [-0.25, -0.2) is 9.97 Å². The number of rotatable bonds is 4. The summed E-state index contributed by atoms with van der Waals surface area (Å²) in [7, 11) is 0.